The molecule has 0 radical (unpaired) electrons. The van der Waals surface area contributed by atoms with Crippen molar-refractivity contribution in [2.45, 2.75) is 153 Å². The van der Waals surface area contributed by atoms with Crippen LogP contribution < -0.4 is 0 Å². The first-order chi connectivity index (χ1) is 19.0. The zero-order valence-electron chi connectivity index (χ0n) is 28.6. The van der Waals surface area contributed by atoms with Crippen molar-refractivity contribution < 1.29 is 0 Å². The first-order valence-corrected chi connectivity index (χ1v) is 16.6. The molecule has 228 valence electrons. The molecule has 3 atom stereocenters. The van der Waals surface area contributed by atoms with Crippen molar-refractivity contribution in [3.05, 3.63) is 82.5 Å². The van der Waals surface area contributed by atoms with Gasteiger partial charge in [0.25, 0.3) is 0 Å². The fraction of sp³-hybridized carbons (Fsp3) is 0.650. The van der Waals surface area contributed by atoms with E-state index in [0.29, 0.717) is 11.8 Å². The first kappa shape index (κ1) is 38.2. The van der Waals surface area contributed by atoms with Crippen LogP contribution in [0.3, 0.4) is 0 Å². The highest BCUT2D eigenvalue weighted by molar-refractivity contribution is 5.06. The fourth-order valence-corrected chi connectivity index (χ4v) is 4.78. The smallest absolute Gasteiger partial charge is 0.0259 e. The van der Waals surface area contributed by atoms with Gasteiger partial charge in [0, 0.05) is 0 Å². The summed E-state index contributed by atoms with van der Waals surface area (Å²) in [7, 11) is 0. The molecule has 0 nitrogen and oxygen atoms in total. The first-order valence-electron chi connectivity index (χ1n) is 16.6. The number of allylic oxidation sites excluding steroid dienone is 14. The van der Waals surface area contributed by atoms with Gasteiger partial charge in [-0.05, 0) is 150 Å². The Morgan fingerprint density at radius 2 is 0.850 bits per heavy atom. The van der Waals surface area contributed by atoms with Gasteiger partial charge in [0.15, 0.2) is 0 Å². The molecule has 0 aliphatic rings. The van der Waals surface area contributed by atoms with Gasteiger partial charge in [0.05, 0.1) is 0 Å². The van der Waals surface area contributed by atoms with Gasteiger partial charge in [-0.1, -0.05) is 103 Å². The van der Waals surface area contributed by atoms with Crippen molar-refractivity contribution in [3.63, 3.8) is 0 Å². The lowest BCUT2D eigenvalue weighted by atomic mass is 9.97. The van der Waals surface area contributed by atoms with Crippen molar-refractivity contribution in [1.29, 1.82) is 0 Å². The van der Waals surface area contributed by atoms with Gasteiger partial charge in [-0.2, -0.15) is 0 Å². The van der Waals surface area contributed by atoms with Gasteiger partial charge >= 0.3 is 0 Å². The van der Waals surface area contributed by atoms with Crippen LogP contribution in [0.4, 0.5) is 0 Å². The Balaban J connectivity index is 4.05. The van der Waals surface area contributed by atoms with E-state index < -0.39 is 0 Å². The minimum absolute atomic E-state index is 0.665. The van der Waals surface area contributed by atoms with Gasteiger partial charge in [-0.3, -0.25) is 0 Å². The molecule has 0 aromatic carbocycles. The van der Waals surface area contributed by atoms with Crippen LogP contribution in [0, 0.1) is 17.8 Å². The summed E-state index contributed by atoms with van der Waals surface area (Å²) < 4.78 is 0. The monoisotopic (exact) mass is 549 g/mol. The van der Waals surface area contributed by atoms with E-state index >= 15 is 0 Å². The molecule has 0 fully saturated rings. The second-order valence-corrected chi connectivity index (χ2v) is 13.2. The van der Waals surface area contributed by atoms with Crippen LogP contribution in [0.2, 0.25) is 0 Å². The molecule has 0 rings (SSSR count). The molecule has 0 bridgehead atoms. The third-order valence-electron chi connectivity index (χ3n) is 7.74. The maximum atomic E-state index is 2.47. The van der Waals surface area contributed by atoms with Crippen molar-refractivity contribution in [2.24, 2.45) is 17.8 Å². The molecule has 0 saturated heterocycles. The number of rotatable bonds is 22. The summed E-state index contributed by atoms with van der Waals surface area (Å²) in [6, 6.07) is 0. The summed E-state index contributed by atoms with van der Waals surface area (Å²) in [5.74, 6) is 2.10. The summed E-state index contributed by atoms with van der Waals surface area (Å²) in [4.78, 5) is 0. The zero-order valence-corrected chi connectivity index (χ0v) is 28.6. The highest BCUT2D eigenvalue weighted by Gasteiger charge is 2.01. The van der Waals surface area contributed by atoms with E-state index in [4.69, 9.17) is 0 Å². The second-order valence-electron chi connectivity index (χ2n) is 13.2. The van der Waals surface area contributed by atoms with E-state index in [0.717, 1.165) is 5.92 Å². The average Bonchev–Trinajstić information content (AvgIpc) is 2.86. The van der Waals surface area contributed by atoms with Crippen LogP contribution in [-0.2, 0) is 0 Å². The quantitative estimate of drug-likeness (QED) is 0.118. The molecule has 0 heterocycles. The van der Waals surface area contributed by atoms with Crippen molar-refractivity contribution in [1.82, 2.24) is 0 Å². The van der Waals surface area contributed by atoms with E-state index in [-0.39, 0.29) is 0 Å². The van der Waals surface area contributed by atoms with Crippen LogP contribution in [0.1, 0.15) is 153 Å². The van der Waals surface area contributed by atoms with Crippen molar-refractivity contribution in [3.8, 4) is 0 Å². The predicted octanol–water partition coefficient (Wildman–Crippen LogP) is 13.8. The Morgan fingerprint density at radius 3 is 1.35 bits per heavy atom. The Hall–Kier alpha value is -1.82. The van der Waals surface area contributed by atoms with Crippen LogP contribution in [-0.4, -0.2) is 0 Å². The average molecular weight is 549 g/mol. The molecule has 0 aliphatic carbocycles. The molecule has 0 amide bonds. The van der Waals surface area contributed by atoms with E-state index in [9.17, 15) is 0 Å². The Morgan fingerprint density at radius 1 is 0.450 bits per heavy atom. The lowest BCUT2D eigenvalue weighted by Gasteiger charge is -2.09. The molecule has 0 aromatic heterocycles. The Labute approximate surface area is 252 Å². The normalized spacial score (nSPS) is 15.5. The third kappa shape index (κ3) is 26.4. The number of hydrogen-bond acceptors (Lipinski definition) is 0. The van der Waals surface area contributed by atoms with Crippen LogP contribution in [0.25, 0.3) is 0 Å². The zero-order chi connectivity index (χ0) is 30.2. The minimum Gasteiger partial charge on any atom is -0.0882 e. The van der Waals surface area contributed by atoms with Crippen molar-refractivity contribution in [2.75, 3.05) is 0 Å². The predicted molar refractivity (Wildman–Crippen MR) is 186 cm³/mol. The van der Waals surface area contributed by atoms with Gasteiger partial charge in [0.1, 0.15) is 0 Å². The van der Waals surface area contributed by atoms with Gasteiger partial charge in [0.2, 0.25) is 0 Å². The molecule has 3 unspecified atom stereocenters. The number of hydrogen-bond donors (Lipinski definition) is 0. The topological polar surface area (TPSA) is 0 Å². The standard InChI is InChI=1S/C40H68/c1-33(2)19-13-23-37(7)27-17-31-39(9)29-15-25-35(5)21-11-12-22-36(6)26-16-30-40(10)32-18-28-38(8)24-14-20-34(3)4/h11,16,19-21,26-29,35-36,40H,12-15,17-18,22-25,30-32H2,1-10H3/b21-11+,26-16+,37-27+,38-28+,39-29+. The SMILES string of the molecule is CC(C)=CCC/C(C)=C/CC/C(C)=C/CCC(C)/C=C/CCC(C)/C=C/CC(C)CC/C=C(\C)CCC=C(C)C. The van der Waals surface area contributed by atoms with E-state index in [2.05, 4.69) is 124 Å². The Bertz CT molecular complexity index is 842. The van der Waals surface area contributed by atoms with Crippen LogP contribution in [0.5, 0.6) is 0 Å². The summed E-state index contributed by atoms with van der Waals surface area (Å²) in [5, 5.41) is 0. The fourth-order valence-electron chi connectivity index (χ4n) is 4.78. The van der Waals surface area contributed by atoms with E-state index in [1.807, 2.05) is 0 Å². The van der Waals surface area contributed by atoms with Crippen LogP contribution >= 0.6 is 0 Å². The lowest BCUT2D eigenvalue weighted by molar-refractivity contribution is 0.542. The molecule has 40 heavy (non-hydrogen) atoms. The van der Waals surface area contributed by atoms with Crippen molar-refractivity contribution >= 4 is 0 Å². The highest BCUT2D eigenvalue weighted by Crippen LogP contribution is 2.17. The molecule has 0 aromatic rings. The summed E-state index contributed by atoms with van der Waals surface area (Å²) in [6.45, 7) is 22.7. The Kier molecular flexibility index (Phi) is 23.8. The maximum absolute atomic E-state index is 2.47. The molecule has 0 spiro atoms. The lowest BCUT2D eigenvalue weighted by Crippen LogP contribution is -1.94. The highest BCUT2D eigenvalue weighted by atomic mass is 14.1. The molecular weight excluding hydrogens is 480 g/mol. The molecule has 0 aliphatic heterocycles. The third-order valence-corrected chi connectivity index (χ3v) is 7.74. The van der Waals surface area contributed by atoms with E-state index in [1.165, 1.54) is 100 Å². The van der Waals surface area contributed by atoms with Gasteiger partial charge in [-0.15, -0.1) is 0 Å². The molecule has 0 heteroatoms. The minimum atomic E-state index is 0.665. The van der Waals surface area contributed by atoms with E-state index in [1.54, 1.807) is 11.1 Å². The summed E-state index contributed by atoms with van der Waals surface area (Å²) in [5.41, 5.74) is 7.47. The molecule has 0 N–H and O–H groups in total. The largest absolute Gasteiger partial charge is 0.0882 e. The van der Waals surface area contributed by atoms with Crippen LogP contribution in [0.15, 0.2) is 82.5 Å². The summed E-state index contributed by atoms with van der Waals surface area (Å²) >= 11 is 0. The molecular formula is C40H68. The van der Waals surface area contributed by atoms with Gasteiger partial charge in [-0.25, -0.2) is 0 Å². The maximum Gasteiger partial charge on any atom is -0.0259 e. The molecule has 0 saturated carbocycles. The summed E-state index contributed by atoms with van der Waals surface area (Å²) in [6.07, 6.45) is 37.5. The second kappa shape index (κ2) is 24.9. The van der Waals surface area contributed by atoms with Gasteiger partial charge < -0.3 is 0 Å².